The van der Waals surface area contributed by atoms with Crippen molar-refractivity contribution in [1.82, 2.24) is 20.2 Å². The van der Waals surface area contributed by atoms with Crippen LogP contribution >= 0.6 is 23.2 Å². The Labute approximate surface area is 202 Å². The summed E-state index contributed by atoms with van der Waals surface area (Å²) >= 11 is 12.6. The highest BCUT2D eigenvalue weighted by Gasteiger charge is 2.23. The molecule has 7 nitrogen and oxygen atoms in total. The van der Waals surface area contributed by atoms with E-state index in [9.17, 15) is 4.79 Å². The maximum atomic E-state index is 13.0. The second-order valence-corrected chi connectivity index (χ2v) is 8.95. The van der Waals surface area contributed by atoms with E-state index in [0.29, 0.717) is 32.6 Å². The van der Waals surface area contributed by atoms with Crippen molar-refractivity contribution in [1.29, 1.82) is 0 Å². The predicted molar refractivity (Wildman–Crippen MR) is 135 cm³/mol. The zero-order valence-electron chi connectivity index (χ0n) is 18.4. The van der Waals surface area contributed by atoms with Crippen molar-refractivity contribution in [2.75, 3.05) is 13.1 Å². The number of H-pyrrole nitrogens is 1. The Balaban J connectivity index is 1.59. The molecule has 0 radical (unpaired) electrons. The van der Waals surface area contributed by atoms with Crippen LogP contribution in [0.3, 0.4) is 0 Å². The number of imidazole rings is 1. The number of aliphatic imine (C=N–C) groups is 1. The number of aromatic amines is 1. The molecule has 4 N–H and O–H groups in total. The zero-order chi connectivity index (χ0) is 23.5. The van der Waals surface area contributed by atoms with Gasteiger partial charge in [-0.2, -0.15) is 0 Å². The number of nitrogens with two attached hydrogens (primary N) is 1. The largest absolute Gasteiger partial charge is 0.390 e. The summed E-state index contributed by atoms with van der Waals surface area (Å²) in [5.41, 5.74) is 9.44. The lowest BCUT2D eigenvalue weighted by Crippen LogP contribution is -2.35. The van der Waals surface area contributed by atoms with Gasteiger partial charge in [0.15, 0.2) is 0 Å². The molecule has 9 heteroatoms. The van der Waals surface area contributed by atoms with E-state index in [-0.39, 0.29) is 11.9 Å². The molecule has 2 aromatic carbocycles. The quantitative estimate of drug-likeness (QED) is 0.320. The third-order valence-corrected chi connectivity index (χ3v) is 6.31. The number of nitrogens with one attached hydrogen (secondary N) is 2. The number of likely N-dealkylation sites (tertiary alicyclic amines) is 1. The van der Waals surface area contributed by atoms with Gasteiger partial charge in [0.05, 0.1) is 39.7 Å². The van der Waals surface area contributed by atoms with Crippen LogP contribution in [0.5, 0.6) is 0 Å². The Morgan fingerprint density at radius 1 is 1.24 bits per heavy atom. The van der Waals surface area contributed by atoms with Crippen molar-refractivity contribution >= 4 is 57.9 Å². The van der Waals surface area contributed by atoms with Crippen LogP contribution in [0, 0.1) is 0 Å². The van der Waals surface area contributed by atoms with E-state index < -0.39 is 0 Å². The number of rotatable bonds is 6. The van der Waals surface area contributed by atoms with Crippen molar-refractivity contribution in [2.24, 2.45) is 10.7 Å². The minimum atomic E-state index is -0.188. The maximum Gasteiger partial charge on any atom is 0.255 e. The molecule has 172 valence electrons. The predicted octanol–water partition coefficient (Wildman–Crippen LogP) is 5.44. The summed E-state index contributed by atoms with van der Waals surface area (Å²) in [6.45, 7) is 7.60. The standard InChI is InChI=1S/C24H26Cl2N6O/c1-14(29-15(2)23-30-20-7-6-16(25)10-22(20)31-23)17-11-19(26)18(12-21(17)28-13-27)24(33)32-8-4-3-5-9-32/h6-7,10-13,15,29H,1,3-5,8-9H2,2H3,(H2,27,28)(H,30,31). The molecule has 1 unspecified atom stereocenters. The topological polar surface area (TPSA) is 99.4 Å². The molecule has 0 saturated carbocycles. The van der Waals surface area contributed by atoms with E-state index in [1.54, 1.807) is 18.2 Å². The summed E-state index contributed by atoms with van der Waals surface area (Å²) in [7, 11) is 0. The van der Waals surface area contributed by atoms with Crippen molar-refractivity contribution < 1.29 is 4.79 Å². The van der Waals surface area contributed by atoms with Crippen molar-refractivity contribution in [2.45, 2.75) is 32.2 Å². The summed E-state index contributed by atoms with van der Waals surface area (Å²) in [4.78, 5) is 27.0. The van der Waals surface area contributed by atoms with Crippen LogP contribution in [0.15, 0.2) is 41.9 Å². The molecule has 4 rings (SSSR count). The van der Waals surface area contributed by atoms with Crippen LogP contribution in [0.2, 0.25) is 10.0 Å². The van der Waals surface area contributed by atoms with Gasteiger partial charge in [-0.1, -0.05) is 29.8 Å². The highest BCUT2D eigenvalue weighted by atomic mass is 35.5. The molecule has 1 amide bonds. The summed E-state index contributed by atoms with van der Waals surface area (Å²) in [5.74, 6) is 0.646. The van der Waals surface area contributed by atoms with Crippen molar-refractivity contribution in [3.8, 4) is 0 Å². The molecule has 0 bridgehead atoms. The molecule has 0 aliphatic carbocycles. The van der Waals surface area contributed by atoms with Gasteiger partial charge in [-0.05, 0) is 56.5 Å². The number of carbonyl (C=O) groups is 1. The number of carbonyl (C=O) groups excluding carboxylic acids is 1. The van der Waals surface area contributed by atoms with Crippen LogP contribution in [-0.2, 0) is 0 Å². The van der Waals surface area contributed by atoms with Gasteiger partial charge in [-0.3, -0.25) is 4.79 Å². The van der Waals surface area contributed by atoms with Gasteiger partial charge in [-0.15, -0.1) is 0 Å². The Morgan fingerprint density at radius 2 is 2.00 bits per heavy atom. The molecule has 2 heterocycles. The van der Waals surface area contributed by atoms with Crippen LogP contribution < -0.4 is 11.1 Å². The second-order valence-electron chi connectivity index (χ2n) is 8.11. The van der Waals surface area contributed by atoms with Gasteiger partial charge in [0.1, 0.15) is 5.82 Å². The first-order valence-electron chi connectivity index (χ1n) is 10.9. The minimum Gasteiger partial charge on any atom is -0.390 e. The molecular formula is C24H26Cl2N6O. The Morgan fingerprint density at radius 3 is 2.73 bits per heavy atom. The first kappa shape index (κ1) is 23.1. The first-order valence-corrected chi connectivity index (χ1v) is 11.6. The summed E-state index contributed by atoms with van der Waals surface area (Å²) in [6, 6.07) is 8.70. The average molecular weight is 485 g/mol. The maximum absolute atomic E-state index is 13.0. The molecule has 33 heavy (non-hydrogen) atoms. The van der Waals surface area contributed by atoms with Crippen LogP contribution in [-0.4, -0.2) is 40.2 Å². The number of piperidine rings is 1. The van der Waals surface area contributed by atoms with Crippen LogP contribution in [0.4, 0.5) is 5.69 Å². The first-order chi connectivity index (χ1) is 15.9. The normalized spacial score (nSPS) is 15.2. The van der Waals surface area contributed by atoms with E-state index in [2.05, 4.69) is 26.9 Å². The van der Waals surface area contributed by atoms with E-state index in [0.717, 1.165) is 49.2 Å². The molecule has 1 saturated heterocycles. The number of aromatic nitrogens is 2. The number of hydrogen-bond acceptors (Lipinski definition) is 4. The number of nitrogens with zero attached hydrogens (tertiary/aromatic N) is 3. The van der Waals surface area contributed by atoms with Gasteiger partial charge < -0.3 is 20.9 Å². The third kappa shape index (κ3) is 4.99. The zero-order valence-corrected chi connectivity index (χ0v) is 19.9. The number of halogens is 2. The van der Waals surface area contributed by atoms with Crippen molar-refractivity contribution in [3.63, 3.8) is 0 Å². The molecule has 3 aromatic rings. The molecule has 1 aliphatic heterocycles. The molecule has 1 aliphatic rings. The van der Waals surface area contributed by atoms with Crippen LogP contribution in [0.1, 0.15) is 54.0 Å². The summed E-state index contributed by atoms with van der Waals surface area (Å²) < 4.78 is 0. The van der Waals surface area contributed by atoms with E-state index in [1.165, 1.54) is 6.34 Å². The lowest BCUT2D eigenvalue weighted by atomic mass is 10.0. The lowest BCUT2D eigenvalue weighted by Gasteiger charge is -2.27. The molecule has 0 spiro atoms. The Hall–Kier alpha value is -3.03. The number of benzene rings is 2. The van der Waals surface area contributed by atoms with Gasteiger partial charge in [0.2, 0.25) is 0 Å². The van der Waals surface area contributed by atoms with Gasteiger partial charge in [-0.25, -0.2) is 9.98 Å². The fraction of sp³-hybridized carbons (Fsp3) is 0.292. The molecular weight excluding hydrogens is 459 g/mol. The van der Waals surface area contributed by atoms with Gasteiger partial charge in [0, 0.05) is 29.4 Å². The molecule has 1 fully saturated rings. The fourth-order valence-electron chi connectivity index (χ4n) is 4.04. The fourth-order valence-corrected chi connectivity index (χ4v) is 4.45. The van der Waals surface area contributed by atoms with E-state index >= 15 is 0 Å². The number of fused-ring (bicyclic) bond motifs is 1. The van der Waals surface area contributed by atoms with Crippen molar-refractivity contribution in [3.05, 3.63) is 63.9 Å². The third-order valence-electron chi connectivity index (χ3n) is 5.76. The molecule has 1 atom stereocenters. The smallest absolute Gasteiger partial charge is 0.255 e. The number of amides is 1. The van der Waals surface area contributed by atoms with Gasteiger partial charge >= 0.3 is 0 Å². The second kappa shape index (κ2) is 9.85. The number of hydrogen-bond donors (Lipinski definition) is 3. The average Bonchev–Trinajstić information content (AvgIpc) is 3.23. The lowest BCUT2D eigenvalue weighted by molar-refractivity contribution is 0.0724. The van der Waals surface area contributed by atoms with Gasteiger partial charge in [0.25, 0.3) is 5.91 Å². The monoisotopic (exact) mass is 484 g/mol. The summed E-state index contributed by atoms with van der Waals surface area (Å²) in [5, 5.41) is 4.33. The minimum absolute atomic E-state index is 0.0902. The van der Waals surface area contributed by atoms with E-state index in [1.807, 2.05) is 24.0 Å². The SMILES string of the molecule is C=C(NC(C)c1nc2ccc(Cl)cc2[nH]1)c1cc(Cl)c(C(=O)N2CCCCC2)cc1N=CN. The Kier molecular flexibility index (Phi) is 6.91. The highest BCUT2D eigenvalue weighted by molar-refractivity contribution is 6.34. The summed E-state index contributed by atoms with van der Waals surface area (Å²) in [6.07, 6.45) is 4.34. The van der Waals surface area contributed by atoms with E-state index in [4.69, 9.17) is 28.9 Å². The highest BCUT2D eigenvalue weighted by Crippen LogP contribution is 2.33. The molecule has 1 aromatic heterocycles. The van der Waals surface area contributed by atoms with Crippen LogP contribution in [0.25, 0.3) is 16.7 Å². The Bertz CT molecular complexity index is 1230.